The van der Waals surface area contributed by atoms with E-state index >= 15 is 0 Å². The van der Waals surface area contributed by atoms with Crippen molar-refractivity contribution in [1.82, 2.24) is 4.57 Å². The van der Waals surface area contributed by atoms with Crippen molar-refractivity contribution in [2.24, 2.45) is 0 Å². The first-order chi connectivity index (χ1) is 16.6. The quantitative estimate of drug-likeness (QED) is 0.167. The van der Waals surface area contributed by atoms with Crippen molar-refractivity contribution in [3.8, 4) is 0 Å². The molecule has 3 aromatic carbocycles. The van der Waals surface area contributed by atoms with Crippen LogP contribution in [0.5, 0.6) is 0 Å². The predicted molar refractivity (Wildman–Crippen MR) is 132 cm³/mol. The molecule has 182 valence electrons. The van der Waals surface area contributed by atoms with Crippen molar-refractivity contribution < 1.29 is 31.7 Å². The Balaban J connectivity index is 0.000000205. The third kappa shape index (κ3) is 6.29. The van der Waals surface area contributed by atoms with E-state index in [1.807, 2.05) is 49.4 Å². The van der Waals surface area contributed by atoms with E-state index < -0.39 is 20.1 Å². The number of aromatic carboxylic acids is 1. The van der Waals surface area contributed by atoms with Crippen molar-refractivity contribution in [3.05, 3.63) is 95.7 Å². The minimum absolute atomic E-state index is 0.0399. The molecule has 1 heterocycles. The molecule has 9 nitrogen and oxygen atoms in total. The van der Waals surface area contributed by atoms with E-state index in [2.05, 4.69) is 25.9 Å². The predicted octanol–water partition coefficient (Wildman–Crippen LogP) is 3.40. The number of nitrogens with zero attached hydrogens (tertiary/aromatic N) is 1. The molecule has 4 aromatic rings. The Bertz CT molecular complexity index is 1400. The van der Waals surface area contributed by atoms with Crippen LogP contribution in [0, 0.1) is 6.92 Å². The fraction of sp³-hybridized carbons (Fsp3) is 0.120. The fourth-order valence-electron chi connectivity index (χ4n) is 3.68. The molecule has 0 aliphatic heterocycles. The van der Waals surface area contributed by atoms with Gasteiger partial charge < -0.3 is 9.67 Å². The Morgan fingerprint density at radius 1 is 1.00 bits per heavy atom. The van der Waals surface area contributed by atoms with Crippen molar-refractivity contribution >= 4 is 47.0 Å². The first-order valence-electron chi connectivity index (χ1n) is 10.5. The van der Waals surface area contributed by atoms with Crippen LogP contribution in [-0.2, 0) is 19.0 Å². The monoisotopic (exact) mass is 540 g/mol. The van der Waals surface area contributed by atoms with Crippen LogP contribution in [-0.4, -0.2) is 45.1 Å². The number of hydrogen-bond donors (Lipinski definition) is 4. The van der Waals surface area contributed by atoms with Crippen molar-refractivity contribution in [2.75, 3.05) is 5.32 Å². The van der Waals surface area contributed by atoms with Gasteiger partial charge in [-0.1, -0.05) is 48.5 Å². The normalized spacial score (nSPS) is 12.3. The summed E-state index contributed by atoms with van der Waals surface area (Å²) in [6.07, 6.45) is 0. The molecule has 0 bridgehead atoms. The second-order valence-electron chi connectivity index (χ2n) is 7.69. The number of carboxylic acid groups (broad SMARTS) is 1. The van der Waals surface area contributed by atoms with E-state index in [4.69, 9.17) is 5.26 Å². The molecule has 0 aliphatic carbocycles. The minimum atomic E-state index is -4.83. The van der Waals surface area contributed by atoms with Crippen molar-refractivity contribution in [1.29, 1.82) is 0 Å². The summed E-state index contributed by atoms with van der Waals surface area (Å²) < 4.78 is 26.0. The minimum Gasteiger partial charge on any atom is -0.478 e. The number of nitrogens with one attached hydrogen (secondary N) is 1. The maximum Gasteiger partial charge on any atom is 0.338 e. The van der Waals surface area contributed by atoms with E-state index in [0.717, 1.165) is 22.2 Å². The summed E-state index contributed by atoms with van der Waals surface area (Å²) in [4.78, 5) is 22.2. The largest absolute Gasteiger partial charge is 0.478 e. The second-order valence-corrected chi connectivity index (χ2v) is 11.3. The molecule has 0 aliphatic rings. The van der Waals surface area contributed by atoms with Crippen LogP contribution in [0.15, 0.2) is 78.9 Å². The van der Waals surface area contributed by atoms with Gasteiger partial charge in [-0.25, -0.2) is 4.79 Å². The Morgan fingerprint density at radius 3 is 2.29 bits per heavy atom. The summed E-state index contributed by atoms with van der Waals surface area (Å²) in [5.74, 6) is -1.16. The van der Waals surface area contributed by atoms with Crippen LogP contribution in [0.3, 0.4) is 0 Å². The van der Waals surface area contributed by atoms with Gasteiger partial charge in [0.05, 0.1) is 5.56 Å². The van der Waals surface area contributed by atoms with Gasteiger partial charge in [-0.05, 0) is 18.6 Å². The molecule has 0 saturated heterocycles. The van der Waals surface area contributed by atoms with Gasteiger partial charge in [0.25, 0.3) is 0 Å². The molecule has 1 unspecified atom stereocenters. The first-order valence-corrected chi connectivity index (χ1v) is 13.8. The van der Waals surface area contributed by atoms with Gasteiger partial charge in [-0.15, -0.1) is 0 Å². The van der Waals surface area contributed by atoms with Crippen LogP contribution in [0.1, 0.15) is 28.5 Å². The van der Waals surface area contributed by atoms with Crippen molar-refractivity contribution in [3.63, 3.8) is 0 Å². The molecular weight excluding hydrogens is 515 g/mol. The Kier molecular flexibility index (Phi) is 8.32. The number of carboxylic acids is 1. The fourth-order valence-corrected chi connectivity index (χ4v) is 5.09. The average Bonchev–Trinajstić information content (AvgIpc) is 3.11. The zero-order chi connectivity index (χ0) is 25.6. The average molecular weight is 540 g/mol. The smallest absolute Gasteiger partial charge is 0.338 e. The molecule has 1 atom stereocenters. The molecule has 4 N–H and O–H groups in total. The van der Waals surface area contributed by atoms with Gasteiger partial charge in [0, 0.05) is 23.1 Å². The topological polar surface area (TPSA) is 138 Å². The number of para-hydroxylation sites is 1. The summed E-state index contributed by atoms with van der Waals surface area (Å²) in [6, 6.07) is 23.4. The van der Waals surface area contributed by atoms with Crippen LogP contribution >= 0.6 is 0 Å². The molecule has 1 amide bonds. The number of rotatable bonds is 6. The van der Waals surface area contributed by atoms with Gasteiger partial charge in [0.2, 0.25) is 0 Å². The number of anilines is 1. The Morgan fingerprint density at radius 2 is 1.66 bits per heavy atom. The van der Waals surface area contributed by atoms with Gasteiger partial charge in [-0.3, -0.25) is 0 Å². The van der Waals surface area contributed by atoms with E-state index in [1.165, 1.54) is 25.1 Å². The summed E-state index contributed by atoms with van der Waals surface area (Å²) in [5, 5.41) is 20.9. The number of aromatic nitrogens is 1. The summed E-state index contributed by atoms with van der Waals surface area (Å²) in [6.45, 7) is 3.87. The molecule has 4 rings (SSSR count). The first kappa shape index (κ1) is 26.0. The molecule has 10 heteroatoms. The van der Waals surface area contributed by atoms with E-state index in [1.54, 1.807) is 6.07 Å². The number of hydrogen-bond acceptors (Lipinski definition) is 5. The van der Waals surface area contributed by atoms with E-state index in [0.29, 0.717) is 17.8 Å². The molecule has 1 aromatic heterocycles. The third-order valence-corrected chi connectivity index (χ3v) is 7.65. The van der Waals surface area contributed by atoms with Crippen molar-refractivity contribution in [2.45, 2.75) is 20.4 Å². The van der Waals surface area contributed by atoms with E-state index in [-0.39, 0.29) is 10.3 Å². The van der Waals surface area contributed by atoms with Crippen LogP contribution < -0.4 is 9.67 Å². The number of carbonyl (C=O) groups is 2. The van der Waals surface area contributed by atoms with Gasteiger partial charge >= 0.3 is 94.4 Å². The van der Waals surface area contributed by atoms with Crippen LogP contribution in [0.4, 0.5) is 5.69 Å². The maximum absolute atomic E-state index is 11.5. The van der Waals surface area contributed by atoms with Crippen LogP contribution in [0.25, 0.3) is 10.9 Å². The molecule has 0 saturated carbocycles. The maximum atomic E-state index is 11.5. The number of fused-ring (bicyclic) bond motifs is 1. The second kappa shape index (κ2) is 11.2. The Hall–Kier alpha value is -3.62. The summed E-state index contributed by atoms with van der Waals surface area (Å²) >= 11 is -4.83. The zero-order valence-corrected chi connectivity index (χ0v) is 21.0. The Labute approximate surface area is 204 Å². The number of benzene rings is 3. The van der Waals surface area contributed by atoms with Gasteiger partial charge in [-0.2, -0.15) is 0 Å². The molecule has 0 spiro atoms. The van der Waals surface area contributed by atoms with E-state index in [9.17, 15) is 22.5 Å². The summed E-state index contributed by atoms with van der Waals surface area (Å²) in [5.41, 5.74) is 3.69. The molecule has 0 radical (unpaired) electrons. The van der Waals surface area contributed by atoms with Crippen LogP contribution in [0.2, 0.25) is 0 Å². The number of amides is 1. The zero-order valence-electron chi connectivity index (χ0n) is 19.1. The molecule has 0 fully saturated rings. The molecule has 35 heavy (non-hydrogen) atoms. The number of carbonyl (C=O) groups excluding carboxylic acids is 1. The third-order valence-electron chi connectivity index (χ3n) is 5.23. The standard InChI is InChI=1S/C17H15NO2.C8H10AsNO5/c1-12-16(17(19)20)14-9-5-6-10-15(14)18(12)11-13-7-3-2-4-8-13;1-6(11)10-8-4-2-3-7(5-8)9(12,13)15-14/h2-10H,11H2,1H3,(H,19,20);2-5,14H,1H3,(H,10,11)(H,12,13). The van der Waals surface area contributed by atoms with Gasteiger partial charge in [0.1, 0.15) is 0 Å². The molecular formula is C25H25AsN2O7. The summed E-state index contributed by atoms with van der Waals surface area (Å²) in [7, 11) is 0. The van der Waals surface area contributed by atoms with Gasteiger partial charge in [0.15, 0.2) is 0 Å². The SMILES string of the molecule is CC(=O)Nc1cccc([As](=O)(O)OO)c1.Cc1c(C(=O)O)c2ccccc2n1Cc1ccccc1.